The molecule has 0 radical (unpaired) electrons. The first kappa shape index (κ1) is 16.9. The Morgan fingerprint density at radius 1 is 1.03 bits per heavy atom. The van der Waals surface area contributed by atoms with Crippen LogP contribution in [0.1, 0.15) is 16.3 Å². The Balaban J connectivity index is 1.33. The maximum absolute atomic E-state index is 12.4. The van der Waals surface area contributed by atoms with Crippen LogP contribution in [0.5, 0.6) is 0 Å². The van der Waals surface area contributed by atoms with Gasteiger partial charge < -0.3 is 14.3 Å². The largest absolute Gasteiger partial charge is 0.461 e. The standard InChI is InChI=1S/C20H14N6O3/c1-12-22-23-19-9-8-15(24-26(12)19)13-4-6-14(7-5-13)21-20(27)16-11-18(29-25-16)17-3-2-10-28-17/h2-11H,1H3,(H,21,27). The second kappa shape index (κ2) is 6.71. The lowest BCUT2D eigenvalue weighted by atomic mass is 10.1. The number of nitrogens with one attached hydrogen (secondary N) is 1. The number of hydrogen-bond donors (Lipinski definition) is 1. The van der Waals surface area contributed by atoms with Crippen molar-refractivity contribution in [3.8, 4) is 22.8 Å². The number of rotatable bonds is 4. The van der Waals surface area contributed by atoms with Crippen molar-refractivity contribution < 1.29 is 13.7 Å². The number of furan rings is 1. The van der Waals surface area contributed by atoms with Gasteiger partial charge in [0.15, 0.2) is 22.9 Å². The van der Waals surface area contributed by atoms with Gasteiger partial charge in [-0.15, -0.1) is 10.2 Å². The molecule has 0 spiro atoms. The van der Waals surface area contributed by atoms with Gasteiger partial charge in [-0.25, -0.2) is 0 Å². The summed E-state index contributed by atoms with van der Waals surface area (Å²) < 4.78 is 12.1. The predicted octanol–water partition coefficient (Wildman–Crippen LogP) is 3.60. The number of hydrogen-bond acceptors (Lipinski definition) is 7. The number of amides is 1. The molecule has 0 aliphatic carbocycles. The van der Waals surface area contributed by atoms with E-state index in [4.69, 9.17) is 8.94 Å². The molecule has 9 heteroatoms. The van der Waals surface area contributed by atoms with Gasteiger partial charge in [0.1, 0.15) is 0 Å². The second-order valence-corrected chi connectivity index (χ2v) is 6.32. The molecular formula is C20H14N6O3. The quantitative estimate of drug-likeness (QED) is 0.502. The lowest BCUT2D eigenvalue weighted by Gasteiger charge is -2.05. The Labute approximate surface area is 164 Å². The molecule has 142 valence electrons. The molecule has 5 rings (SSSR count). The average Bonchev–Trinajstić information content (AvgIpc) is 3.49. The summed E-state index contributed by atoms with van der Waals surface area (Å²) in [6, 6.07) is 16.1. The van der Waals surface area contributed by atoms with Gasteiger partial charge >= 0.3 is 0 Å². The first-order valence-corrected chi connectivity index (χ1v) is 8.79. The molecular weight excluding hydrogens is 372 g/mol. The van der Waals surface area contributed by atoms with Crippen LogP contribution in [-0.2, 0) is 0 Å². The highest BCUT2D eigenvalue weighted by molar-refractivity contribution is 6.03. The second-order valence-electron chi connectivity index (χ2n) is 6.32. The minimum atomic E-state index is -0.376. The van der Waals surface area contributed by atoms with Gasteiger partial charge in [-0.2, -0.15) is 9.61 Å². The van der Waals surface area contributed by atoms with E-state index in [-0.39, 0.29) is 11.6 Å². The number of aromatic nitrogens is 5. The van der Waals surface area contributed by atoms with Crippen molar-refractivity contribution in [1.82, 2.24) is 25.0 Å². The lowest BCUT2D eigenvalue weighted by Crippen LogP contribution is -2.12. The fourth-order valence-electron chi connectivity index (χ4n) is 2.89. The van der Waals surface area contributed by atoms with E-state index in [0.29, 0.717) is 28.7 Å². The Bertz CT molecular complexity index is 1300. The van der Waals surface area contributed by atoms with Crippen molar-refractivity contribution in [2.24, 2.45) is 0 Å². The van der Waals surface area contributed by atoms with E-state index < -0.39 is 0 Å². The number of carbonyl (C=O) groups excluding carboxylic acids is 1. The van der Waals surface area contributed by atoms with Crippen LogP contribution in [0, 0.1) is 6.92 Å². The highest BCUT2D eigenvalue weighted by Gasteiger charge is 2.15. The average molecular weight is 386 g/mol. The van der Waals surface area contributed by atoms with Crippen molar-refractivity contribution in [3.63, 3.8) is 0 Å². The fraction of sp³-hybridized carbons (Fsp3) is 0.0500. The molecule has 1 N–H and O–H groups in total. The minimum Gasteiger partial charge on any atom is -0.461 e. The predicted molar refractivity (Wildman–Crippen MR) is 103 cm³/mol. The molecule has 0 atom stereocenters. The summed E-state index contributed by atoms with van der Waals surface area (Å²) >= 11 is 0. The molecule has 29 heavy (non-hydrogen) atoms. The zero-order valence-electron chi connectivity index (χ0n) is 15.2. The SMILES string of the molecule is Cc1nnc2ccc(-c3ccc(NC(=O)c4cc(-c5ccco5)on4)cc3)nn12. The Morgan fingerprint density at radius 3 is 2.69 bits per heavy atom. The van der Waals surface area contributed by atoms with Gasteiger partial charge in [-0.05, 0) is 43.3 Å². The van der Waals surface area contributed by atoms with E-state index in [0.717, 1.165) is 11.3 Å². The molecule has 0 aliphatic heterocycles. The summed E-state index contributed by atoms with van der Waals surface area (Å²) in [6.07, 6.45) is 1.52. The third-order valence-corrected chi connectivity index (χ3v) is 4.36. The molecule has 0 unspecified atom stereocenters. The Kier molecular flexibility index (Phi) is 3.91. The zero-order valence-corrected chi connectivity index (χ0v) is 15.2. The van der Waals surface area contributed by atoms with E-state index in [2.05, 4.69) is 25.8 Å². The molecule has 0 fully saturated rings. The molecule has 5 aromatic rings. The topological polar surface area (TPSA) is 111 Å². The van der Waals surface area contributed by atoms with Crippen molar-refractivity contribution in [2.75, 3.05) is 5.32 Å². The number of benzene rings is 1. The summed E-state index contributed by atoms with van der Waals surface area (Å²) in [6.45, 7) is 1.84. The fourth-order valence-corrected chi connectivity index (χ4v) is 2.89. The van der Waals surface area contributed by atoms with Gasteiger partial charge in [0.2, 0.25) is 5.76 Å². The molecule has 9 nitrogen and oxygen atoms in total. The summed E-state index contributed by atoms with van der Waals surface area (Å²) in [7, 11) is 0. The van der Waals surface area contributed by atoms with Crippen LogP contribution < -0.4 is 5.32 Å². The first-order valence-electron chi connectivity index (χ1n) is 8.79. The summed E-state index contributed by atoms with van der Waals surface area (Å²) in [5.41, 5.74) is 3.16. The molecule has 0 saturated heterocycles. The van der Waals surface area contributed by atoms with Crippen LogP contribution in [-0.4, -0.2) is 30.9 Å². The molecule has 1 amide bonds. The number of nitrogens with zero attached hydrogens (tertiary/aromatic N) is 5. The highest BCUT2D eigenvalue weighted by atomic mass is 16.5. The third-order valence-electron chi connectivity index (χ3n) is 4.36. The van der Waals surface area contributed by atoms with E-state index >= 15 is 0 Å². The maximum atomic E-state index is 12.4. The zero-order chi connectivity index (χ0) is 19.8. The van der Waals surface area contributed by atoms with Crippen molar-refractivity contribution in [1.29, 1.82) is 0 Å². The van der Waals surface area contributed by atoms with Gasteiger partial charge in [-0.3, -0.25) is 4.79 Å². The van der Waals surface area contributed by atoms with Crippen LogP contribution in [0.15, 0.2) is 69.8 Å². The molecule has 4 heterocycles. The van der Waals surface area contributed by atoms with Crippen LogP contribution in [0.4, 0.5) is 5.69 Å². The minimum absolute atomic E-state index is 0.163. The Morgan fingerprint density at radius 2 is 1.90 bits per heavy atom. The molecule has 0 bridgehead atoms. The Hall–Kier alpha value is -4.27. The monoisotopic (exact) mass is 386 g/mol. The van der Waals surface area contributed by atoms with E-state index in [1.54, 1.807) is 28.8 Å². The van der Waals surface area contributed by atoms with Crippen molar-refractivity contribution >= 4 is 17.2 Å². The lowest BCUT2D eigenvalue weighted by molar-refractivity contribution is 0.101. The third kappa shape index (κ3) is 3.14. The van der Waals surface area contributed by atoms with Crippen LogP contribution in [0.3, 0.4) is 0 Å². The number of carbonyl (C=O) groups is 1. The molecule has 4 aromatic heterocycles. The van der Waals surface area contributed by atoms with Crippen molar-refractivity contribution in [3.05, 3.63) is 72.4 Å². The summed E-state index contributed by atoms with van der Waals surface area (Å²) in [4.78, 5) is 12.4. The van der Waals surface area contributed by atoms with Gasteiger partial charge in [0, 0.05) is 17.3 Å². The first-order chi connectivity index (χ1) is 14.2. The van der Waals surface area contributed by atoms with E-state index in [1.165, 1.54) is 12.3 Å². The maximum Gasteiger partial charge on any atom is 0.277 e. The van der Waals surface area contributed by atoms with Crippen LogP contribution in [0.2, 0.25) is 0 Å². The highest BCUT2D eigenvalue weighted by Crippen LogP contribution is 2.22. The van der Waals surface area contributed by atoms with Crippen molar-refractivity contribution in [2.45, 2.75) is 6.92 Å². The van der Waals surface area contributed by atoms with Gasteiger partial charge in [0.05, 0.1) is 12.0 Å². The van der Waals surface area contributed by atoms with E-state index in [9.17, 15) is 4.79 Å². The van der Waals surface area contributed by atoms with Gasteiger partial charge in [0.25, 0.3) is 5.91 Å². The smallest absolute Gasteiger partial charge is 0.277 e. The summed E-state index contributed by atoms with van der Waals surface area (Å²) in [5.74, 6) is 1.24. The van der Waals surface area contributed by atoms with Gasteiger partial charge in [-0.1, -0.05) is 17.3 Å². The van der Waals surface area contributed by atoms with E-state index in [1.807, 2.05) is 31.2 Å². The molecule has 0 aliphatic rings. The molecule has 0 saturated carbocycles. The number of aryl methyl sites for hydroxylation is 1. The van der Waals surface area contributed by atoms with Crippen LogP contribution in [0.25, 0.3) is 28.4 Å². The summed E-state index contributed by atoms with van der Waals surface area (Å²) in [5, 5.41) is 19.2. The molecule has 1 aromatic carbocycles. The number of anilines is 1. The van der Waals surface area contributed by atoms with Crippen LogP contribution >= 0.6 is 0 Å². The normalized spacial score (nSPS) is 11.1. The number of fused-ring (bicyclic) bond motifs is 1.